The van der Waals surface area contributed by atoms with Crippen molar-refractivity contribution in [3.8, 4) is 5.75 Å². The summed E-state index contributed by atoms with van der Waals surface area (Å²) in [5.41, 5.74) is 2.50. The van der Waals surface area contributed by atoms with Crippen LogP contribution in [0.2, 0.25) is 0 Å². The molecule has 7 heteroatoms. The fourth-order valence-corrected chi connectivity index (χ4v) is 3.48. The summed E-state index contributed by atoms with van der Waals surface area (Å²) in [6, 6.07) is 14.8. The molecule has 2 N–H and O–H groups in total. The van der Waals surface area contributed by atoms with E-state index in [2.05, 4.69) is 15.6 Å². The van der Waals surface area contributed by atoms with E-state index < -0.39 is 5.25 Å². The van der Waals surface area contributed by atoms with Crippen molar-refractivity contribution in [3.63, 3.8) is 0 Å². The van der Waals surface area contributed by atoms with Gasteiger partial charge in [-0.2, -0.15) is 0 Å². The summed E-state index contributed by atoms with van der Waals surface area (Å²) in [6.45, 7) is 1.98. The molecule has 1 atom stereocenters. The standard InChI is InChI=1S/C19H19N3O3S/c1-12-5-3-6-13(9-12)21-19-22-18(24)16(26-19)11-17(23)20-14-7-4-8-15(10-14)25-2/h3-10,16H,11H2,1-2H3,(H,20,23)(H,21,22,24)/t16-/m0/s1. The SMILES string of the molecule is COc1cccc(NC(=O)C[C@@H]2SC(=Nc3cccc(C)c3)NC2=O)c1. The Labute approximate surface area is 156 Å². The number of nitrogens with zero attached hydrogens (tertiary/aromatic N) is 1. The molecule has 1 aliphatic rings. The number of rotatable bonds is 5. The number of thioether (sulfide) groups is 1. The minimum atomic E-state index is -0.496. The molecule has 0 aliphatic carbocycles. The molecular weight excluding hydrogens is 350 g/mol. The zero-order chi connectivity index (χ0) is 18.5. The van der Waals surface area contributed by atoms with E-state index in [0.29, 0.717) is 16.6 Å². The van der Waals surface area contributed by atoms with Gasteiger partial charge in [-0.05, 0) is 36.8 Å². The Morgan fingerprint density at radius 1 is 1.27 bits per heavy atom. The first kappa shape index (κ1) is 18.0. The minimum absolute atomic E-state index is 0.0700. The summed E-state index contributed by atoms with van der Waals surface area (Å²) < 4.78 is 5.13. The number of ether oxygens (including phenoxy) is 1. The molecule has 0 spiro atoms. The normalized spacial score (nSPS) is 17.8. The lowest BCUT2D eigenvalue weighted by molar-refractivity contribution is -0.122. The van der Waals surface area contributed by atoms with Crippen molar-refractivity contribution in [1.82, 2.24) is 5.32 Å². The van der Waals surface area contributed by atoms with Crippen molar-refractivity contribution >= 4 is 40.1 Å². The van der Waals surface area contributed by atoms with Crippen LogP contribution in [0.25, 0.3) is 0 Å². The Morgan fingerprint density at radius 2 is 2.08 bits per heavy atom. The van der Waals surface area contributed by atoms with Crippen LogP contribution >= 0.6 is 11.8 Å². The first-order valence-corrected chi connectivity index (χ1v) is 8.98. The van der Waals surface area contributed by atoms with Crippen LogP contribution in [0.5, 0.6) is 5.75 Å². The third-order valence-corrected chi connectivity index (χ3v) is 4.81. The van der Waals surface area contributed by atoms with Gasteiger partial charge >= 0.3 is 0 Å². The van der Waals surface area contributed by atoms with Crippen molar-refractivity contribution in [1.29, 1.82) is 0 Å². The second kappa shape index (κ2) is 8.05. The molecule has 1 fully saturated rings. The van der Waals surface area contributed by atoms with Gasteiger partial charge in [0.25, 0.3) is 0 Å². The average Bonchev–Trinajstić information content (AvgIpc) is 2.94. The number of hydrogen-bond donors (Lipinski definition) is 2. The van der Waals surface area contributed by atoms with Gasteiger partial charge in [0, 0.05) is 18.2 Å². The summed E-state index contributed by atoms with van der Waals surface area (Å²) in [7, 11) is 1.57. The Bertz CT molecular complexity index is 867. The van der Waals surface area contributed by atoms with Crippen LogP contribution in [0.3, 0.4) is 0 Å². The Kier molecular flexibility index (Phi) is 5.58. The highest BCUT2D eigenvalue weighted by Crippen LogP contribution is 2.26. The zero-order valence-corrected chi connectivity index (χ0v) is 15.3. The molecule has 3 rings (SSSR count). The highest BCUT2D eigenvalue weighted by atomic mass is 32.2. The molecule has 26 heavy (non-hydrogen) atoms. The van der Waals surface area contributed by atoms with Crippen LogP contribution in [-0.4, -0.2) is 29.3 Å². The van der Waals surface area contributed by atoms with Gasteiger partial charge in [-0.15, -0.1) is 0 Å². The lowest BCUT2D eigenvalue weighted by Gasteiger charge is -2.08. The van der Waals surface area contributed by atoms with Gasteiger partial charge < -0.3 is 15.4 Å². The van der Waals surface area contributed by atoms with Crippen molar-refractivity contribution in [2.24, 2.45) is 4.99 Å². The Hall–Kier alpha value is -2.80. The highest BCUT2D eigenvalue weighted by molar-refractivity contribution is 8.15. The van der Waals surface area contributed by atoms with Crippen LogP contribution < -0.4 is 15.4 Å². The number of amidine groups is 1. The molecule has 1 aliphatic heterocycles. The van der Waals surface area contributed by atoms with Crippen LogP contribution in [0.1, 0.15) is 12.0 Å². The molecule has 1 heterocycles. The van der Waals surface area contributed by atoms with Crippen LogP contribution in [-0.2, 0) is 9.59 Å². The molecule has 0 radical (unpaired) electrons. The van der Waals surface area contributed by atoms with Crippen molar-refractivity contribution in [3.05, 3.63) is 54.1 Å². The topological polar surface area (TPSA) is 79.8 Å². The van der Waals surface area contributed by atoms with E-state index in [1.54, 1.807) is 31.4 Å². The second-order valence-electron chi connectivity index (χ2n) is 5.84. The van der Waals surface area contributed by atoms with Gasteiger partial charge in [0.2, 0.25) is 11.8 Å². The maximum atomic E-state index is 12.2. The third-order valence-electron chi connectivity index (χ3n) is 3.73. The number of anilines is 1. The molecular formula is C19H19N3O3S. The van der Waals surface area contributed by atoms with Gasteiger partial charge in [0.05, 0.1) is 12.8 Å². The average molecular weight is 369 g/mol. The van der Waals surface area contributed by atoms with E-state index >= 15 is 0 Å². The number of amides is 2. The number of hydrogen-bond acceptors (Lipinski definition) is 5. The van der Waals surface area contributed by atoms with Crippen molar-refractivity contribution < 1.29 is 14.3 Å². The Balaban J connectivity index is 1.61. The quantitative estimate of drug-likeness (QED) is 0.848. The maximum absolute atomic E-state index is 12.2. The molecule has 2 amide bonds. The number of aryl methyl sites for hydroxylation is 1. The van der Waals surface area contributed by atoms with Crippen LogP contribution in [0.4, 0.5) is 11.4 Å². The summed E-state index contributed by atoms with van der Waals surface area (Å²) in [5.74, 6) is 0.216. The summed E-state index contributed by atoms with van der Waals surface area (Å²) in [5, 5.41) is 5.53. The largest absolute Gasteiger partial charge is 0.497 e. The molecule has 0 unspecified atom stereocenters. The molecule has 134 valence electrons. The van der Waals surface area contributed by atoms with Crippen LogP contribution in [0, 0.1) is 6.92 Å². The van der Waals surface area contributed by atoms with Crippen molar-refractivity contribution in [2.75, 3.05) is 12.4 Å². The molecule has 2 aromatic rings. The monoisotopic (exact) mass is 369 g/mol. The van der Waals surface area contributed by atoms with Gasteiger partial charge in [0.1, 0.15) is 11.0 Å². The fraction of sp³-hybridized carbons (Fsp3) is 0.211. The van der Waals surface area contributed by atoms with E-state index in [1.165, 1.54) is 11.8 Å². The molecule has 0 saturated carbocycles. The lowest BCUT2D eigenvalue weighted by Crippen LogP contribution is -2.28. The number of benzene rings is 2. The third kappa shape index (κ3) is 4.64. The summed E-state index contributed by atoms with van der Waals surface area (Å²) in [6.07, 6.45) is 0.0700. The predicted molar refractivity (Wildman–Crippen MR) is 104 cm³/mol. The van der Waals surface area contributed by atoms with Gasteiger partial charge in [0.15, 0.2) is 5.17 Å². The lowest BCUT2D eigenvalue weighted by atomic mass is 10.2. The van der Waals surface area contributed by atoms with E-state index in [0.717, 1.165) is 11.3 Å². The zero-order valence-electron chi connectivity index (χ0n) is 14.5. The Morgan fingerprint density at radius 3 is 2.85 bits per heavy atom. The predicted octanol–water partition coefficient (Wildman–Crippen LogP) is 3.25. The maximum Gasteiger partial charge on any atom is 0.240 e. The first-order chi connectivity index (χ1) is 12.5. The van der Waals surface area contributed by atoms with Crippen molar-refractivity contribution in [2.45, 2.75) is 18.6 Å². The number of nitrogens with one attached hydrogen (secondary N) is 2. The van der Waals surface area contributed by atoms with Gasteiger partial charge in [-0.25, -0.2) is 4.99 Å². The smallest absolute Gasteiger partial charge is 0.240 e. The summed E-state index contributed by atoms with van der Waals surface area (Å²) in [4.78, 5) is 28.8. The number of carbonyl (C=O) groups is 2. The minimum Gasteiger partial charge on any atom is -0.497 e. The molecule has 0 bridgehead atoms. The molecule has 0 aromatic heterocycles. The highest BCUT2D eigenvalue weighted by Gasteiger charge is 2.32. The second-order valence-corrected chi connectivity index (χ2v) is 7.03. The number of aliphatic imine (C=N–C) groups is 1. The molecule has 2 aromatic carbocycles. The molecule has 6 nitrogen and oxygen atoms in total. The van der Waals surface area contributed by atoms with E-state index in [-0.39, 0.29) is 18.2 Å². The van der Waals surface area contributed by atoms with E-state index in [9.17, 15) is 9.59 Å². The van der Waals surface area contributed by atoms with Crippen LogP contribution in [0.15, 0.2) is 53.5 Å². The number of methoxy groups -OCH3 is 1. The van der Waals surface area contributed by atoms with E-state index in [4.69, 9.17) is 4.74 Å². The molecule has 1 saturated heterocycles. The number of carbonyl (C=O) groups excluding carboxylic acids is 2. The first-order valence-electron chi connectivity index (χ1n) is 8.10. The summed E-state index contributed by atoms with van der Waals surface area (Å²) >= 11 is 1.27. The fourth-order valence-electron chi connectivity index (χ4n) is 2.49. The van der Waals surface area contributed by atoms with Gasteiger partial charge in [-0.3, -0.25) is 9.59 Å². The van der Waals surface area contributed by atoms with E-state index in [1.807, 2.05) is 31.2 Å². The van der Waals surface area contributed by atoms with Gasteiger partial charge in [-0.1, -0.05) is 30.0 Å².